The third-order valence-electron chi connectivity index (χ3n) is 7.51. The molecular weight excluding hydrogens is 705 g/mol. The van der Waals surface area contributed by atoms with Crippen LogP contribution in [0.3, 0.4) is 0 Å². The van der Waals surface area contributed by atoms with Crippen molar-refractivity contribution in [2.45, 2.75) is 33.4 Å². The molecule has 1 atom stereocenters. The quantitative estimate of drug-likeness (QED) is 0.173. The number of fused-ring (bicyclic) bond motifs is 1. The molecule has 1 aliphatic rings. The zero-order chi connectivity index (χ0) is 35.9. The number of benzene rings is 3. The highest BCUT2D eigenvalue weighted by molar-refractivity contribution is 7.07. The Morgan fingerprint density at radius 2 is 1.82 bits per heavy atom. The fourth-order valence-electron chi connectivity index (χ4n) is 5.27. The van der Waals surface area contributed by atoms with Crippen LogP contribution in [0.2, 0.25) is 10.0 Å². The van der Waals surface area contributed by atoms with Crippen LogP contribution in [0.5, 0.6) is 17.2 Å². The van der Waals surface area contributed by atoms with Gasteiger partial charge in [0.05, 0.1) is 58.8 Å². The molecule has 0 aliphatic carbocycles. The number of aromatic nitrogens is 1. The number of methoxy groups -OCH3 is 1. The molecule has 11 nitrogen and oxygen atoms in total. The standard InChI is InChI=1S/C36H31Cl2N3O8S/c1-5-46-28-14-21(11-12-27(28)48-19-30(42)45-4)32-31(35(44)47-6-2)20(3)40-36-41(32)34(43)29(50-36)15-24-13-25(37)16-26(38)33(24)49-18-23-10-8-7-9-22(23)17-39/h7-16,32H,5-6,18-19H2,1-4H3/b29-15+/t32-/m1/s1. The molecule has 0 spiro atoms. The molecule has 0 bridgehead atoms. The van der Waals surface area contributed by atoms with E-state index in [1.807, 2.05) is 0 Å². The normalized spacial score (nSPS) is 13.9. The van der Waals surface area contributed by atoms with E-state index in [4.69, 9.17) is 42.1 Å². The molecule has 3 aromatic carbocycles. The van der Waals surface area contributed by atoms with Gasteiger partial charge in [-0.25, -0.2) is 14.6 Å². The largest absolute Gasteiger partial charge is 0.490 e. The van der Waals surface area contributed by atoms with Gasteiger partial charge < -0.3 is 23.7 Å². The monoisotopic (exact) mass is 735 g/mol. The van der Waals surface area contributed by atoms with Gasteiger partial charge in [-0.05, 0) is 62.7 Å². The molecule has 5 rings (SSSR count). The van der Waals surface area contributed by atoms with E-state index in [2.05, 4.69) is 15.8 Å². The topological polar surface area (TPSA) is 138 Å². The Hall–Kier alpha value is -5.09. The molecule has 1 aromatic heterocycles. The highest BCUT2D eigenvalue weighted by atomic mass is 35.5. The molecule has 4 aromatic rings. The van der Waals surface area contributed by atoms with Crippen molar-refractivity contribution in [1.82, 2.24) is 4.57 Å². The van der Waals surface area contributed by atoms with Crippen LogP contribution in [0.1, 0.15) is 49.1 Å². The molecule has 14 heteroatoms. The minimum Gasteiger partial charge on any atom is -0.490 e. The van der Waals surface area contributed by atoms with Crippen molar-refractivity contribution in [2.75, 3.05) is 26.9 Å². The molecule has 50 heavy (non-hydrogen) atoms. The summed E-state index contributed by atoms with van der Waals surface area (Å²) in [6.45, 7) is 5.22. The molecule has 0 saturated carbocycles. The Bertz CT molecular complexity index is 2220. The van der Waals surface area contributed by atoms with Crippen molar-refractivity contribution in [2.24, 2.45) is 4.99 Å². The first-order valence-corrected chi connectivity index (χ1v) is 16.9. The number of hydrogen-bond donors (Lipinski definition) is 0. The van der Waals surface area contributed by atoms with Gasteiger partial charge >= 0.3 is 11.9 Å². The minimum atomic E-state index is -0.956. The third kappa shape index (κ3) is 7.70. The lowest BCUT2D eigenvalue weighted by Crippen LogP contribution is -2.40. The van der Waals surface area contributed by atoms with Gasteiger partial charge in [-0.15, -0.1) is 0 Å². The highest BCUT2D eigenvalue weighted by Gasteiger charge is 2.34. The summed E-state index contributed by atoms with van der Waals surface area (Å²) in [7, 11) is 1.25. The first kappa shape index (κ1) is 36.2. The summed E-state index contributed by atoms with van der Waals surface area (Å²) in [6.07, 6.45) is 1.60. The van der Waals surface area contributed by atoms with Gasteiger partial charge in [0.15, 0.2) is 22.9 Å². The zero-order valence-corrected chi connectivity index (χ0v) is 29.8. The lowest BCUT2D eigenvalue weighted by Gasteiger charge is -2.25. The molecule has 0 amide bonds. The maximum atomic E-state index is 14.3. The minimum absolute atomic E-state index is 0.0385. The number of carbonyl (C=O) groups excluding carboxylic acids is 2. The van der Waals surface area contributed by atoms with Crippen molar-refractivity contribution >= 4 is 52.6 Å². The van der Waals surface area contributed by atoms with E-state index in [9.17, 15) is 19.6 Å². The van der Waals surface area contributed by atoms with Gasteiger partial charge in [-0.1, -0.05) is 58.8 Å². The summed E-state index contributed by atoms with van der Waals surface area (Å²) in [5.41, 5.74) is 2.13. The van der Waals surface area contributed by atoms with Crippen LogP contribution in [-0.4, -0.2) is 43.4 Å². The van der Waals surface area contributed by atoms with Crippen molar-refractivity contribution in [1.29, 1.82) is 5.26 Å². The van der Waals surface area contributed by atoms with Crippen molar-refractivity contribution in [3.63, 3.8) is 0 Å². The number of esters is 2. The van der Waals surface area contributed by atoms with Crippen LogP contribution >= 0.6 is 34.5 Å². The smallest absolute Gasteiger partial charge is 0.343 e. The van der Waals surface area contributed by atoms with Gasteiger partial charge in [-0.3, -0.25) is 9.36 Å². The summed E-state index contributed by atoms with van der Waals surface area (Å²) in [5, 5.41) is 10.0. The lowest BCUT2D eigenvalue weighted by atomic mass is 9.95. The second-order valence-electron chi connectivity index (χ2n) is 10.7. The molecule has 1 aliphatic heterocycles. The summed E-state index contributed by atoms with van der Waals surface area (Å²) >= 11 is 14.1. The molecule has 0 N–H and O–H groups in total. The van der Waals surface area contributed by atoms with Crippen LogP contribution in [-0.2, 0) is 25.7 Å². The Balaban J connectivity index is 1.65. The number of hydrogen-bond acceptors (Lipinski definition) is 11. The summed E-state index contributed by atoms with van der Waals surface area (Å²) in [5.74, 6) is -0.379. The third-order valence-corrected chi connectivity index (χ3v) is 8.99. The predicted molar refractivity (Wildman–Crippen MR) is 187 cm³/mol. The number of nitriles is 1. The highest BCUT2D eigenvalue weighted by Crippen LogP contribution is 2.37. The Morgan fingerprint density at radius 1 is 1.04 bits per heavy atom. The molecule has 2 heterocycles. The van der Waals surface area contributed by atoms with E-state index in [0.717, 1.165) is 11.3 Å². The second kappa shape index (κ2) is 16.1. The van der Waals surface area contributed by atoms with Gasteiger partial charge in [0.25, 0.3) is 5.56 Å². The van der Waals surface area contributed by atoms with E-state index in [1.54, 1.807) is 75.4 Å². The Morgan fingerprint density at radius 3 is 2.54 bits per heavy atom. The van der Waals surface area contributed by atoms with Crippen LogP contribution < -0.4 is 29.1 Å². The maximum absolute atomic E-state index is 14.3. The molecule has 258 valence electrons. The lowest BCUT2D eigenvalue weighted by molar-refractivity contribution is -0.143. The van der Waals surface area contributed by atoms with Crippen molar-refractivity contribution in [3.05, 3.63) is 118 Å². The zero-order valence-electron chi connectivity index (χ0n) is 27.5. The number of halogens is 2. The van der Waals surface area contributed by atoms with Gasteiger partial charge in [0, 0.05) is 16.1 Å². The van der Waals surface area contributed by atoms with Crippen LogP contribution in [0.25, 0.3) is 6.08 Å². The fraction of sp³-hybridized carbons (Fsp3) is 0.250. The van der Waals surface area contributed by atoms with Crippen LogP contribution in [0.15, 0.2) is 75.7 Å². The van der Waals surface area contributed by atoms with Crippen LogP contribution in [0.4, 0.5) is 0 Å². The average molecular weight is 737 g/mol. The number of allylic oxidation sites excluding steroid dienone is 1. The van der Waals surface area contributed by atoms with Crippen molar-refractivity contribution in [3.8, 4) is 23.3 Å². The molecule has 0 saturated heterocycles. The second-order valence-corrected chi connectivity index (χ2v) is 12.5. The maximum Gasteiger partial charge on any atom is 0.343 e. The van der Waals surface area contributed by atoms with Crippen molar-refractivity contribution < 1.29 is 33.3 Å². The van der Waals surface area contributed by atoms with Gasteiger partial charge in [-0.2, -0.15) is 5.26 Å². The Labute approximate surface area is 301 Å². The van der Waals surface area contributed by atoms with E-state index in [0.29, 0.717) is 43.5 Å². The van der Waals surface area contributed by atoms with E-state index in [-0.39, 0.29) is 53.1 Å². The first-order chi connectivity index (χ1) is 24.1. The molecular formula is C36H31Cl2N3O8S. The number of ether oxygens (including phenoxy) is 5. The fourth-order valence-corrected chi connectivity index (χ4v) is 6.87. The summed E-state index contributed by atoms with van der Waals surface area (Å²) < 4.78 is 29.3. The number of thiazole rings is 1. The molecule has 0 unspecified atom stereocenters. The summed E-state index contributed by atoms with van der Waals surface area (Å²) in [6, 6.07) is 16.3. The summed E-state index contributed by atoms with van der Waals surface area (Å²) in [4.78, 5) is 44.5. The van der Waals surface area contributed by atoms with Gasteiger partial charge in [0.2, 0.25) is 0 Å². The van der Waals surface area contributed by atoms with E-state index < -0.39 is 23.5 Å². The van der Waals surface area contributed by atoms with E-state index in [1.165, 1.54) is 17.7 Å². The average Bonchev–Trinajstić information content (AvgIpc) is 3.40. The predicted octanol–water partition coefficient (Wildman–Crippen LogP) is 5.51. The number of rotatable bonds is 12. The van der Waals surface area contributed by atoms with Crippen LogP contribution in [0, 0.1) is 11.3 Å². The SMILES string of the molecule is CCOC(=O)C1=C(C)N=c2s/c(=C/c3cc(Cl)cc(Cl)c3OCc3ccccc3C#N)c(=O)n2[C@@H]1c1ccc(OCC(=O)OC)c(OCC)c1. The Kier molecular flexibility index (Phi) is 11.6. The first-order valence-electron chi connectivity index (χ1n) is 15.4. The van der Waals surface area contributed by atoms with E-state index >= 15 is 0 Å². The number of nitrogens with zero attached hydrogens (tertiary/aromatic N) is 3. The number of carbonyl (C=O) groups is 2. The molecule has 0 radical (unpaired) electrons. The molecule has 0 fully saturated rings. The van der Waals surface area contributed by atoms with Gasteiger partial charge in [0.1, 0.15) is 12.4 Å².